The molecular weight excluding hydrogens is 280 g/mol. The fourth-order valence-electron chi connectivity index (χ4n) is 1.62. The van der Waals surface area contributed by atoms with Crippen LogP contribution < -0.4 is 11.1 Å². The van der Waals surface area contributed by atoms with Crippen molar-refractivity contribution >= 4 is 27.1 Å². The summed E-state index contributed by atoms with van der Waals surface area (Å²) < 4.78 is 24.2. The third kappa shape index (κ3) is 3.58. The summed E-state index contributed by atoms with van der Waals surface area (Å²) in [5.41, 5.74) is 6.38. The topological polar surface area (TPSA) is 107 Å². The Morgan fingerprint density at radius 3 is 2.80 bits per heavy atom. The number of amides is 1. The molecule has 0 saturated heterocycles. The van der Waals surface area contributed by atoms with E-state index in [1.165, 1.54) is 29.2 Å². The number of hydrogen-bond acceptors (Lipinski definition) is 5. The summed E-state index contributed by atoms with van der Waals surface area (Å²) in [6.45, 7) is 0.000300. The second-order valence-electron chi connectivity index (χ2n) is 4.32. The van der Waals surface area contributed by atoms with Gasteiger partial charge in [-0.2, -0.15) is 5.10 Å². The van der Waals surface area contributed by atoms with E-state index in [1.807, 2.05) is 0 Å². The van der Waals surface area contributed by atoms with E-state index in [0.717, 1.165) is 6.26 Å². The summed E-state index contributed by atoms with van der Waals surface area (Å²) in [4.78, 5) is 11.9. The molecule has 0 bridgehead atoms. The Kier molecular flexibility index (Phi) is 3.75. The van der Waals surface area contributed by atoms with Crippen LogP contribution in [0.25, 0.3) is 0 Å². The number of benzene rings is 1. The number of anilines is 2. The van der Waals surface area contributed by atoms with Gasteiger partial charge < -0.3 is 11.1 Å². The molecule has 0 aliphatic rings. The van der Waals surface area contributed by atoms with Crippen LogP contribution in [0.15, 0.2) is 41.6 Å². The number of carbonyl (C=O) groups is 1. The van der Waals surface area contributed by atoms with Gasteiger partial charge in [-0.15, -0.1) is 0 Å². The number of aromatic nitrogens is 2. The van der Waals surface area contributed by atoms with Crippen molar-refractivity contribution in [2.75, 3.05) is 17.3 Å². The molecule has 1 amide bonds. The fraction of sp³-hybridized carbons (Fsp3) is 0.167. The van der Waals surface area contributed by atoms with Crippen LogP contribution in [0.5, 0.6) is 0 Å². The van der Waals surface area contributed by atoms with Gasteiger partial charge in [0.1, 0.15) is 6.54 Å². The maximum atomic E-state index is 11.8. The molecule has 0 atom stereocenters. The number of nitrogen functional groups attached to an aromatic ring is 1. The average molecular weight is 294 g/mol. The van der Waals surface area contributed by atoms with E-state index in [1.54, 1.807) is 12.1 Å². The quantitative estimate of drug-likeness (QED) is 0.854. The molecule has 1 aromatic heterocycles. The molecule has 0 unspecified atom stereocenters. The maximum absolute atomic E-state index is 11.8. The number of sulfone groups is 1. The predicted octanol–water partition coefficient (Wildman–Crippen LogP) is 0.507. The molecule has 106 valence electrons. The zero-order valence-corrected chi connectivity index (χ0v) is 11.6. The molecule has 8 heteroatoms. The first-order valence-electron chi connectivity index (χ1n) is 5.72. The van der Waals surface area contributed by atoms with Gasteiger partial charge in [0.25, 0.3) is 0 Å². The SMILES string of the molecule is CS(=O)(=O)c1cccc(NC(=O)Cn2cc(N)cn2)c1. The van der Waals surface area contributed by atoms with Crippen molar-refractivity contribution in [1.29, 1.82) is 0 Å². The lowest BCUT2D eigenvalue weighted by Gasteiger charge is -2.06. The first-order valence-corrected chi connectivity index (χ1v) is 7.61. The molecule has 2 rings (SSSR count). The zero-order valence-electron chi connectivity index (χ0n) is 10.8. The third-order valence-electron chi connectivity index (χ3n) is 2.50. The van der Waals surface area contributed by atoms with Crippen molar-refractivity contribution in [2.24, 2.45) is 0 Å². The first kappa shape index (κ1) is 14.1. The van der Waals surface area contributed by atoms with E-state index in [4.69, 9.17) is 5.73 Å². The van der Waals surface area contributed by atoms with Crippen LogP contribution in [0.4, 0.5) is 11.4 Å². The summed E-state index contributed by atoms with van der Waals surface area (Å²) >= 11 is 0. The molecule has 20 heavy (non-hydrogen) atoms. The Hall–Kier alpha value is -2.35. The van der Waals surface area contributed by atoms with Gasteiger partial charge in [0.2, 0.25) is 5.91 Å². The molecule has 7 nitrogen and oxygen atoms in total. The smallest absolute Gasteiger partial charge is 0.246 e. The van der Waals surface area contributed by atoms with Crippen LogP contribution in [0.3, 0.4) is 0 Å². The highest BCUT2D eigenvalue weighted by molar-refractivity contribution is 7.90. The van der Waals surface area contributed by atoms with Crippen LogP contribution in [0.1, 0.15) is 0 Å². The van der Waals surface area contributed by atoms with Crippen molar-refractivity contribution in [2.45, 2.75) is 11.4 Å². The second kappa shape index (κ2) is 5.33. The molecule has 0 spiro atoms. The van der Waals surface area contributed by atoms with E-state index < -0.39 is 9.84 Å². The van der Waals surface area contributed by atoms with Crippen molar-refractivity contribution in [3.63, 3.8) is 0 Å². The lowest BCUT2D eigenvalue weighted by Crippen LogP contribution is -2.19. The zero-order chi connectivity index (χ0) is 14.8. The van der Waals surface area contributed by atoms with Crippen molar-refractivity contribution in [1.82, 2.24) is 9.78 Å². The van der Waals surface area contributed by atoms with Crippen LogP contribution in [0, 0.1) is 0 Å². The van der Waals surface area contributed by atoms with Crippen LogP contribution in [-0.4, -0.2) is 30.4 Å². The summed E-state index contributed by atoms with van der Waals surface area (Å²) in [5, 5.41) is 6.50. The largest absolute Gasteiger partial charge is 0.396 e. The Balaban J connectivity index is 2.08. The molecule has 0 saturated carbocycles. The van der Waals surface area contributed by atoms with E-state index in [0.29, 0.717) is 11.4 Å². The van der Waals surface area contributed by atoms with Crippen molar-refractivity contribution in [3.8, 4) is 0 Å². The lowest BCUT2D eigenvalue weighted by molar-refractivity contribution is -0.116. The predicted molar refractivity (Wildman–Crippen MR) is 74.8 cm³/mol. The summed E-state index contributed by atoms with van der Waals surface area (Å²) in [6, 6.07) is 6.06. The lowest BCUT2D eigenvalue weighted by atomic mass is 10.3. The first-order chi connectivity index (χ1) is 9.34. The molecule has 0 fully saturated rings. The van der Waals surface area contributed by atoms with Crippen molar-refractivity contribution in [3.05, 3.63) is 36.7 Å². The van der Waals surface area contributed by atoms with Gasteiger partial charge in [0.15, 0.2) is 9.84 Å². The number of rotatable bonds is 4. The van der Waals surface area contributed by atoms with E-state index in [9.17, 15) is 13.2 Å². The monoisotopic (exact) mass is 294 g/mol. The highest BCUT2D eigenvalue weighted by atomic mass is 32.2. The van der Waals surface area contributed by atoms with E-state index in [-0.39, 0.29) is 17.3 Å². The summed E-state index contributed by atoms with van der Waals surface area (Å²) in [6.07, 6.45) is 4.09. The number of hydrogen-bond donors (Lipinski definition) is 2. The molecule has 0 aliphatic carbocycles. The number of nitrogens with one attached hydrogen (secondary N) is 1. The Bertz CT molecular complexity index is 737. The molecule has 1 aromatic carbocycles. The average Bonchev–Trinajstić information content (AvgIpc) is 2.73. The van der Waals surface area contributed by atoms with Crippen molar-refractivity contribution < 1.29 is 13.2 Å². The van der Waals surface area contributed by atoms with E-state index >= 15 is 0 Å². The molecule has 1 heterocycles. The summed E-state index contributed by atoms with van der Waals surface area (Å²) in [5.74, 6) is -0.321. The van der Waals surface area contributed by atoms with Gasteiger partial charge in [0, 0.05) is 18.1 Å². The standard InChI is InChI=1S/C12H14N4O3S/c1-20(18,19)11-4-2-3-10(5-11)15-12(17)8-16-7-9(13)6-14-16/h2-7H,8,13H2,1H3,(H,15,17). The highest BCUT2D eigenvalue weighted by Gasteiger charge is 2.09. The third-order valence-corrected chi connectivity index (χ3v) is 3.62. The molecule has 0 aliphatic heterocycles. The van der Waals surface area contributed by atoms with Gasteiger partial charge in [-0.3, -0.25) is 9.48 Å². The molecule has 2 aromatic rings. The minimum Gasteiger partial charge on any atom is -0.396 e. The second-order valence-corrected chi connectivity index (χ2v) is 6.34. The van der Waals surface area contributed by atoms with Crippen LogP contribution in [-0.2, 0) is 21.2 Å². The Morgan fingerprint density at radius 2 is 2.20 bits per heavy atom. The summed E-state index contributed by atoms with van der Waals surface area (Å²) in [7, 11) is -3.30. The van der Waals surface area contributed by atoms with Gasteiger partial charge in [-0.05, 0) is 18.2 Å². The number of nitrogens with two attached hydrogens (primary N) is 1. The van der Waals surface area contributed by atoms with E-state index in [2.05, 4.69) is 10.4 Å². The van der Waals surface area contributed by atoms with Gasteiger partial charge in [-0.1, -0.05) is 6.07 Å². The highest BCUT2D eigenvalue weighted by Crippen LogP contribution is 2.15. The van der Waals surface area contributed by atoms with Crippen LogP contribution >= 0.6 is 0 Å². The molecule has 0 radical (unpaired) electrons. The van der Waals surface area contributed by atoms with Crippen LogP contribution in [0.2, 0.25) is 0 Å². The van der Waals surface area contributed by atoms with Gasteiger partial charge in [0.05, 0.1) is 16.8 Å². The molecule has 3 N–H and O–H groups in total. The van der Waals surface area contributed by atoms with Gasteiger partial charge >= 0.3 is 0 Å². The minimum absolute atomic E-state index is 0.000300. The Labute approximate surface area is 116 Å². The minimum atomic E-state index is -3.30. The number of nitrogens with zero attached hydrogens (tertiary/aromatic N) is 2. The molecular formula is C12H14N4O3S. The Morgan fingerprint density at radius 1 is 1.45 bits per heavy atom. The number of carbonyl (C=O) groups excluding carboxylic acids is 1. The fourth-order valence-corrected chi connectivity index (χ4v) is 2.28. The normalized spacial score (nSPS) is 11.2. The van der Waals surface area contributed by atoms with Gasteiger partial charge in [-0.25, -0.2) is 8.42 Å². The maximum Gasteiger partial charge on any atom is 0.246 e.